The highest BCUT2D eigenvalue weighted by Crippen LogP contribution is 2.56. The fourth-order valence-corrected chi connectivity index (χ4v) is 5.82. The van der Waals surface area contributed by atoms with Crippen LogP contribution >= 0.6 is 0 Å². The molecule has 2 aromatic rings. The molecule has 134 valence electrons. The Morgan fingerprint density at radius 3 is 2.23 bits per heavy atom. The highest BCUT2D eigenvalue weighted by atomic mass is 15.2. The highest BCUT2D eigenvalue weighted by Gasteiger charge is 2.52. The van der Waals surface area contributed by atoms with Crippen LogP contribution in [0.5, 0.6) is 0 Å². The molecule has 2 aliphatic heterocycles. The van der Waals surface area contributed by atoms with Gasteiger partial charge in [-0.2, -0.15) is 0 Å². The molecule has 3 fully saturated rings. The molecule has 1 heteroatoms. The first-order valence-electron chi connectivity index (χ1n) is 10.0. The lowest BCUT2D eigenvalue weighted by Gasteiger charge is -2.57. The van der Waals surface area contributed by atoms with Gasteiger partial charge < -0.3 is 0 Å². The van der Waals surface area contributed by atoms with Crippen molar-refractivity contribution in [3.63, 3.8) is 0 Å². The summed E-state index contributed by atoms with van der Waals surface area (Å²) in [4.78, 5) is 2.40. The number of fused-ring (bicyclic) bond motifs is 6. The zero-order valence-electron chi connectivity index (χ0n) is 16.7. The summed E-state index contributed by atoms with van der Waals surface area (Å²) in [6, 6.07) is 13.9. The summed E-state index contributed by atoms with van der Waals surface area (Å²) in [7, 11) is 2.23. The van der Waals surface area contributed by atoms with Gasteiger partial charge in [0.1, 0.15) is 0 Å². The fraction of sp³-hybridized carbons (Fsp3) is 0.480. The standard InChI is InChI=1S/C25H29N/c1-17-14-19-18-8-6-7-9-20(18)23(2,3)22(19)15-21(17)25-12-10-24(4,11-13-25)26(5)16-25/h6-9,14-15H,10-13H2,1-5H3. The number of rotatable bonds is 1. The van der Waals surface area contributed by atoms with Crippen LogP contribution in [0.2, 0.25) is 0 Å². The minimum Gasteiger partial charge on any atom is -0.291 e. The van der Waals surface area contributed by atoms with Crippen LogP contribution in [-0.2, 0) is 10.8 Å². The van der Waals surface area contributed by atoms with Crippen LogP contribution < -0.4 is 0 Å². The molecule has 0 spiro atoms. The van der Waals surface area contributed by atoms with Crippen molar-refractivity contribution in [1.82, 2.24) is 4.90 Å². The molecule has 1 saturated carbocycles. The van der Waals surface area contributed by atoms with Gasteiger partial charge in [0.2, 0.25) is 0 Å². The van der Waals surface area contributed by atoms with Gasteiger partial charge in [-0.05, 0) is 80.0 Å². The molecule has 1 nitrogen and oxygen atoms in total. The average Bonchev–Trinajstić information content (AvgIpc) is 2.84. The molecule has 0 N–H and O–H groups in total. The monoisotopic (exact) mass is 343 g/mol. The molecule has 26 heavy (non-hydrogen) atoms. The summed E-state index contributed by atoms with van der Waals surface area (Å²) in [5.74, 6) is 0. The Kier molecular flexibility index (Phi) is 3.19. The van der Waals surface area contributed by atoms with Gasteiger partial charge >= 0.3 is 0 Å². The Hall–Kier alpha value is -1.60. The van der Waals surface area contributed by atoms with E-state index >= 15 is 0 Å². The third-order valence-electron chi connectivity index (χ3n) is 7.82. The van der Waals surface area contributed by atoms with E-state index in [0.29, 0.717) is 5.54 Å². The molecule has 0 unspecified atom stereocenters. The van der Waals surface area contributed by atoms with Crippen molar-refractivity contribution in [2.75, 3.05) is 7.05 Å². The SMILES string of the molecule is Cc1cc2c(cc1C13[C]N(C)C(C)(CC1)CC3)C(C)(C)c1ccccc1-2. The first kappa shape index (κ1) is 16.6. The van der Waals surface area contributed by atoms with Crippen molar-refractivity contribution in [3.05, 3.63) is 65.2 Å². The first-order valence-corrected chi connectivity index (χ1v) is 10.0. The van der Waals surface area contributed by atoms with Crippen molar-refractivity contribution >= 4 is 0 Å². The first-order chi connectivity index (χ1) is 12.3. The van der Waals surface area contributed by atoms with Crippen molar-refractivity contribution in [1.29, 1.82) is 0 Å². The van der Waals surface area contributed by atoms with Crippen LogP contribution in [0.3, 0.4) is 0 Å². The van der Waals surface area contributed by atoms with Crippen LogP contribution in [0.25, 0.3) is 11.1 Å². The van der Waals surface area contributed by atoms with Gasteiger partial charge in [0.25, 0.3) is 0 Å². The molecule has 2 aliphatic carbocycles. The molecule has 4 aliphatic rings. The predicted octanol–water partition coefficient (Wildman–Crippen LogP) is 5.86. The van der Waals surface area contributed by atoms with Gasteiger partial charge in [0, 0.05) is 16.4 Å². The van der Waals surface area contributed by atoms with Gasteiger partial charge in [0.05, 0.1) is 6.54 Å². The predicted molar refractivity (Wildman–Crippen MR) is 108 cm³/mol. The Morgan fingerprint density at radius 2 is 1.54 bits per heavy atom. The lowest BCUT2D eigenvalue weighted by atomic mass is 9.59. The zero-order valence-corrected chi connectivity index (χ0v) is 16.7. The second-order valence-corrected chi connectivity index (χ2v) is 9.63. The number of aryl methyl sites for hydroxylation is 1. The van der Waals surface area contributed by atoms with E-state index in [1.807, 2.05) is 0 Å². The molecule has 2 heterocycles. The summed E-state index contributed by atoms with van der Waals surface area (Å²) in [5.41, 5.74) is 9.28. The van der Waals surface area contributed by atoms with Crippen molar-refractivity contribution in [3.8, 4) is 11.1 Å². The summed E-state index contributed by atoms with van der Waals surface area (Å²) in [6.07, 6.45) is 5.02. The van der Waals surface area contributed by atoms with E-state index < -0.39 is 0 Å². The van der Waals surface area contributed by atoms with E-state index in [0.717, 1.165) is 0 Å². The maximum atomic E-state index is 3.90. The molecule has 2 saturated heterocycles. The lowest BCUT2D eigenvalue weighted by molar-refractivity contribution is 0.0160. The maximum Gasteiger partial charge on any atom is 0.0733 e. The van der Waals surface area contributed by atoms with Crippen LogP contribution in [0.15, 0.2) is 36.4 Å². The number of hydrogen-bond donors (Lipinski definition) is 0. The summed E-state index contributed by atoms with van der Waals surface area (Å²) < 4.78 is 0. The quantitative estimate of drug-likeness (QED) is 0.627. The van der Waals surface area contributed by atoms with Gasteiger partial charge in [-0.3, -0.25) is 4.90 Å². The van der Waals surface area contributed by atoms with Crippen molar-refractivity contribution in [2.45, 2.75) is 69.7 Å². The summed E-state index contributed by atoms with van der Waals surface area (Å²) >= 11 is 0. The van der Waals surface area contributed by atoms with Crippen molar-refractivity contribution in [2.24, 2.45) is 0 Å². The number of hydrogen-bond acceptors (Lipinski definition) is 1. The number of nitrogens with zero attached hydrogens (tertiary/aromatic N) is 1. The number of likely N-dealkylation sites (N-methyl/N-ethyl adjacent to an activating group) is 1. The Balaban J connectivity index is 1.68. The molecule has 6 rings (SSSR count). The van der Waals surface area contributed by atoms with Gasteiger partial charge in [-0.15, -0.1) is 0 Å². The molecule has 0 amide bonds. The second kappa shape index (κ2) is 5.01. The van der Waals surface area contributed by atoms with E-state index in [2.05, 4.69) is 82.6 Å². The fourth-order valence-electron chi connectivity index (χ4n) is 5.82. The third kappa shape index (κ3) is 1.96. The van der Waals surface area contributed by atoms with Crippen LogP contribution in [-0.4, -0.2) is 17.5 Å². The Bertz CT molecular complexity index is 896. The normalized spacial score (nSPS) is 31.7. The van der Waals surface area contributed by atoms with E-state index in [9.17, 15) is 0 Å². The topological polar surface area (TPSA) is 3.24 Å². The van der Waals surface area contributed by atoms with E-state index in [4.69, 9.17) is 0 Å². The minimum absolute atomic E-state index is 0.0781. The zero-order chi connectivity index (χ0) is 18.3. The van der Waals surface area contributed by atoms with Crippen LogP contribution in [0.4, 0.5) is 0 Å². The molecule has 2 aromatic carbocycles. The van der Waals surface area contributed by atoms with E-state index in [-0.39, 0.29) is 10.8 Å². The summed E-state index contributed by atoms with van der Waals surface area (Å²) in [5, 5.41) is 0. The van der Waals surface area contributed by atoms with Gasteiger partial charge in [-0.1, -0.05) is 50.2 Å². The lowest BCUT2D eigenvalue weighted by Crippen LogP contribution is -2.58. The molecule has 0 atom stereocenters. The van der Waals surface area contributed by atoms with E-state index in [1.54, 1.807) is 0 Å². The van der Waals surface area contributed by atoms with Crippen LogP contribution in [0.1, 0.15) is 68.7 Å². The molecule has 0 aromatic heterocycles. The van der Waals surface area contributed by atoms with Gasteiger partial charge in [0.15, 0.2) is 0 Å². The summed E-state index contributed by atoms with van der Waals surface area (Å²) in [6.45, 7) is 13.4. The third-order valence-corrected chi connectivity index (χ3v) is 7.82. The molecular formula is C25H29N. The average molecular weight is 344 g/mol. The maximum absolute atomic E-state index is 3.90. The second-order valence-electron chi connectivity index (χ2n) is 9.63. The molecular weight excluding hydrogens is 314 g/mol. The number of benzene rings is 2. The number of piperidine rings is 2. The highest BCUT2D eigenvalue weighted by molar-refractivity contribution is 5.81. The minimum atomic E-state index is 0.0781. The van der Waals surface area contributed by atoms with Crippen LogP contribution in [0, 0.1) is 13.5 Å². The smallest absolute Gasteiger partial charge is 0.0733 e. The Labute approximate surface area is 158 Å². The Morgan fingerprint density at radius 1 is 0.846 bits per heavy atom. The molecule has 2 bridgehead atoms. The van der Waals surface area contributed by atoms with Gasteiger partial charge in [-0.25, -0.2) is 0 Å². The molecule has 2 radical (unpaired) electrons. The van der Waals surface area contributed by atoms with E-state index in [1.165, 1.54) is 59.1 Å². The largest absolute Gasteiger partial charge is 0.291 e. The van der Waals surface area contributed by atoms with Crippen molar-refractivity contribution < 1.29 is 0 Å².